The Morgan fingerprint density at radius 3 is 2.58 bits per heavy atom. The monoisotopic (exact) mass is 493 g/mol. The largest absolute Gasteiger partial charge is 0.368 e. The molecule has 3 heterocycles. The number of anilines is 2. The zero-order chi connectivity index (χ0) is 24.9. The summed E-state index contributed by atoms with van der Waals surface area (Å²) in [7, 11) is 0. The molecule has 36 heavy (non-hydrogen) atoms. The van der Waals surface area contributed by atoms with Gasteiger partial charge >= 0.3 is 0 Å². The summed E-state index contributed by atoms with van der Waals surface area (Å²) in [6, 6.07) is 7.27. The minimum atomic E-state index is -0.357. The highest BCUT2D eigenvalue weighted by Crippen LogP contribution is 2.59. The van der Waals surface area contributed by atoms with Crippen LogP contribution in [-0.4, -0.2) is 49.7 Å². The molecule has 6 rings (SSSR count). The van der Waals surface area contributed by atoms with Crippen LogP contribution >= 0.6 is 0 Å². The minimum absolute atomic E-state index is 0.0390. The van der Waals surface area contributed by atoms with E-state index in [1.807, 2.05) is 16.7 Å². The van der Waals surface area contributed by atoms with Gasteiger partial charge in [0.2, 0.25) is 5.91 Å². The van der Waals surface area contributed by atoms with Crippen LogP contribution in [0.15, 0.2) is 18.2 Å². The highest BCUT2D eigenvalue weighted by Gasteiger charge is 2.55. The van der Waals surface area contributed by atoms with Crippen molar-refractivity contribution >= 4 is 23.2 Å². The second-order valence-corrected chi connectivity index (χ2v) is 12.1. The summed E-state index contributed by atoms with van der Waals surface area (Å²) < 4.78 is 5.81. The standard InChI is InChI=1S/C30H43N3O3/c1-20-19-32(29(35)27-11-7-17-36-27)26-18-22(13-14-25(26)33(20)21(2)34)24-10-6-12-28-30(24,15-16-31-28)23-8-4-3-5-9-23/h13-14,18,20,23-24,27-28,31H,3-12,15-17,19H2,1-2H3/t20-,24?,27?,28?,30?/m0/s1. The zero-order valence-electron chi connectivity index (χ0n) is 22.1. The van der Waals surface area contributed by atoms with E-state index in [-0.39, 0.29) is 24.0 Å². The lowest BCUT2D eigenvalue weighted by Crippen LogP contribution is -2.53. The van der Waals surface area contributed by atoms with Gasteiger partial charge in [-0.25, -0.2) is 0 Å². The lowest BCUT2D eigenvalue weighted by molar-refractivity contribution is -0.127. The predicted octanol–water partition coefficient (Wildman–Crippen LogP) is 5.15. The average molecular weight is 494 g/mol. The molecule has 5 aliphatic rings. The smallest absolute Gasteiger partial charge is 0.256 e. The molecule has 0 spiro atoms. The molecule has 1 aromatic rings. The first-order valence-electron chi connectivity index (χ1n) is 14.6. The van der Waals surface area contributed by atoms with Crippen molar-refractivity contribution in [2.45, 2.75) is 109 Å². The fourth-order valence-electron chi connectivity index (χ4n) is 8.79. The molecular formula is C30H43N3O3. The highest BCUT2D eigenvalue weighted by molar-refractivity contribution is 6.05. The molecular weight excluding hydrogens is 450 g/mol. The van der Waals surface area contributed by atoms with E-state index < -0.39 is 0 Å². The molecule has 4 fully saturated rings. The second kappa shape index (κ2) is 9.75. The molecule has 0 aromatic heterocycles. The number of amides is 2. The quantitative estimate of drug-likeness (QED) is 0.633. The van der Waals surface area contributed by atoms with Gasteiger partial charge in [-0.1, -0.05) is 31.7 Å². The summed E-state index contributed by atoms with van der Waals surface area (Å²) in [4.78, 5) is 30.2. The third-order valence-corrected chi connectivity index (χ3v) is 10.2. The summed E-state index contributed by atoms with van der Waals surface area (Å²) in [5.41, 5.74) is 3.47. The Labute approximate surface area is 216 Å². The maximum absolute atomic E-state index is 13.7. The van der Waals surface area contributed by atoms with Crippen molar-refractivity contribution in [2.75, 3.05) is 29.5 Å². The lowest BCUT2D eigenvalue weighted by atomic mass is 9.53. The van der Waals surface area contributed by atoms with Gasteiger partial charge in [0.25, 0.3) is 5.91 Å². The summed E-state index contributed by atoms with van der Waals surface area (Å²) in [5, 5.41) is 3.92. The van der Waals surface area contributed by atoms with Crippen LogP contribution in [-0.2, 0) is 14.3 Å². The Hall–Kier alpha value is -1.92. The van der Waals surface area contributed by atoms with Gasteiger partial charge in [0.15, 0.2) is 0 Å². The van der Waals surface area contributed by atoms with Crippen LogP contribution in [0.1, 0.15) is 96.0 Å². The molecule has 0 bridgehead atoms. The molecule has 1 aromatic carbocycles. The van der Waals surface area contributed by atoms with Gasteiger partial charge < -0.3 is 19.9 Å². The normalized spacial score (nSPS) is 34.9. The molecule has 0 radical (unpaired) electrons. The van der Waals surface area contributed by atoms with E-state index in [4.69, 9.17) is 4.74 Å². The first kappa shape index (κ1) is 24.4. The maximum Gasteiger partial charge on any atom is 0.256 e. The van der Waals surface area contributed by atoms with Crippen molar-refractivity contribution in [3.8, 4) is 0 Å². The third-order valence-electron chi connectivity index (χ3n) is 10.2. The van der Waals surface area contributed by atoms with Crippen LogP contribution < -0.4 is 15.1 Å². The van der Waals surface area contributed by atoms with Crippen LogP contribution in [0.25, 0.3) is 0 Å². The summed E-state index contributed by atoms with van der Waals surface area (Å²) in [6.07, 6.45) is 13.2. The number of hydrogen-bond acceptors (Lipinski definition) is 4. The lowest BCUT2D eigenvalue weighted by Gasteiger charge is -2.52. The van der Waals surface area contributed by atoms with Crippen molar-refractivity contribution in [1.29, 1.82) is 0 Å². The van der Waals surface area contributed by atoms with Gasteiger partial charge in [-0.3, -0.25) is 9.59 Å². The van der Waals surface area contributed by atoms with Crippen LogP contribution in [0, 0.1) is 11.3 Å². The van der Waals surface area contributed by atoms with Gasteiger partial charge in [0.1, 0.15) is 6.10 Å². The van der Waals surface area contributed by atoms with Gasteiger partial charge in [-0.2, -0.15) is 0 Å². The number of nitrogens with zero attached hydrogens (tertiary/aromatic N) is 2. The predicted molar refractivity (Wildman–Crippen MR) is 142 cm³/mol. The van der Waals surface area contributed by atoms with Crippen LogP contribution in [0.4, 0.5) is 11.4 Å². The molecule has 2 aliphatic carbocycles. The summed E-state index contributed by atoms with van der Waals surface area (Å²) in [6.45, 7) is 5.99. The molecule has 6 heteroatoms. The van der Waals surface area contributed by atoms with Crippen molar-refractivity contribution in [3.63, 3.8) is 0 Å². The number of benzene rings is 1. The first-order valence-corrected chi connectivity index (χ1v) is 14.6. The van der Waals surface area contributed by atoms with Crippen molar-refractivity contribution < 1.29 is 14.3 Å². The SMILES string of the molecule is CC(=O)N1c2ccc(C3CCCC4NCCC43C3CCCCC3)cc2N(C(=O)C2CCCO2)C[C@@H]1C. The van der Waals surface area contributed by atoms with E-state index in [0.29, 0.717) is 30.5 Å². The van der Waals surface area contributed by atoms with Gasteiger partial charge in [-0.05, 0) is 93.4 Å². The first-order chi connectivity index (χ1) is 17.5. The summed E-state index contributed by atoms with van der Waals surface area (Å²) in [5.74, 6) is 1.39. The molecule has 2 amide bonds. The molecule has 2 saturated heterocycles. The molecule has 6 nitrogen and oxygen atoms in total. The van der Waals surface area contributed by atoms with E-state index >= 15 is 0 Å². The Morgan fingerprint density at radius 2 is 1.83 bits per heavy atom. The van der Waals surface area contributed by atoms with E-state index in [9.17, 15) is 9.59 Å². The van der Waals surface area contributed by atoms with Crippen LogP contribution in [0.3, 0.4) is 0 Å². The second-order valence-electron chi connectivity index (χ2n) is 12.1. The molecule has 3 aliphatic heterocycles. The van der Waals surface area contributed by atoms with E-state index in [0.717, 1.165) is 36.7 Å². The third kappa shape index (κ3) is 3.91. The number of carbonyl (C=O) groups excluding carboxylic acids is 2. The van der Waals surface area contributed by atoms with Crippen molar-refractivity contribution in [2.24, 2.45) is 11.3 Å². The number of fused-ring (bicyclic) bond motifs is 2. The van der Waals surface area contributed by atoms with Gasteiger partial charge in [0.05, 0.1) is 17.4 Å². The molecule has 2 saturated carbocycles. The Bertz CT molecular complexity index is 999. The van der Waals surface area contributed by atoms with Gasteiger partial charge in [0, 0.05) is 26.1 Å². The molecule has 5 atom stereocenters. The molecule has 1 N–H and O–H groups in total. The zero-order valence-corrected chi connectivity index (χ0v) is 22.1. The Balaban J connectivity index is 1.42. The average Bonchev–Trinajstić information content (AvgIpc) is 3.58. The van der Waals surface area contributed by atoms with Gasteiger partial charge in [-0.15, -0.1) is 0 Å². The molecule has 4 unspecified atom stereocenters. The number of carbonyl (C=O) groups is 2. The number of rotatable bonds is 3. The fraction of sp³-hybridized carbons (Fsp3) is 0.733. The number of nitrogens with one attached hydrogen (secondary N) is 1. The molecule has 196 valence electrons. The van der Waals surface area contributed by atoms with E-state index in [1.54, 1.807) is 6.92 Å². The Morgan fingerprint density at radius 1 is 1.00 bits per heavy atom. The maximum atomic E-state index is 13.7. The highest BCUT2D eigenvalue weighted by atomic mass is 16.5. The topological polar surface area (TPSA) is 61.9 Å². The summed E-state index contributed by atoms with van der Waals surface area (Å²) >= 11 is 0. The van der Waals surface area contributed by atoms with E-state index in [2.05, 4.69) is 23.5 Å². The van der Waals surface area contributed by atoms with Crippen LogP contribution in [0.2, 0.25) is 0 Å². The van der Waals surface area contributed by atoms with E-state index in [1.165, 1.54) is 63.4 Å². The fourth-order valence-corrected chi connectivity index (χ4v) is 8.79. The number of ether oxygens (including phenoxy) is 1. The van der Waals surface area contributed by atoms with Crippen molar-refractivity contribution in [3.05, 3.63) is 23.8 Å². The minimum Gasteiger partial charge on any atom is -0.368 e. The number of hydrogen-bond donors (Lipinski definition) is 1. The van der Waals surface area contributed by atoms with Crippen molar-refractivity contribution in [1.82, 2.24) is 5.32 Å². The van der Waals surface area contributed by atoms with Crippen LogP contribution in [0.5, 0.6) is 0 Å². The Kier molecular flexibility index (Phi) is 6.62.